The van der Waals surface area contributed by atoms with Gasteiger partial charge in [-0.1, -0.05) is 12.8 Å². The van der Waals surface area contributed by atoms with Crippen molar-refractivity contribution in [3.63, 3.8) is 0 Å². The highest BCUT2D eigenvalue weighted by Gasteiger charge is 2.44. The summed E-state index contributed by atoms with van der Waals surface area (Å²) in [7, 11) is 0. The number of rotatable bonds is 2. The highest BCUT2D eigenvalue weighted by atomic mass is 16.2. The molecule has 4 aliphatic heterocycles. The molecule has 4 heterocycles. The summed E-state index contributed by atoms with van der Waals surface area (Å²) in [6, 6.07) is 0.443. The zero-order valence-corrected chi connectivity index (χ0v) is 14.8. The number of hydrogen-bond donors (Lipinski definition) is 0. The molecule has 0 aromatic rings. The fourth-order valence-corrected chi connectivity index (χ4v) is 5.45. The fraction of sp³-hybridized carbons (Fsp3) is 0.895. The molecule has 5 heteroatoms. The van der Waals surface area contributed by atoms with Crippen LogP contribution in [-0.4, -0.2) is 71.8 Å². The third-order valence-corrected chi connectivity index (χ3v) is 6.57. The van der Waals surface area contributed by atoms with Gasteiger partial charge in [0, 0.05) is 45.2 Å². The number of fused-ring (bicyclic) bond motifs is 4. The molecule has 0 aromatic carbocycles. The third kappa shape index (κ3) is 3.32. The summed E-state index contributed by atoms with van der Waals surface area (Å²) in [6.07, 6.45) is 9.07. The quantitative estimate of drug-likeness (QED) is 0.773. The van der Waals surface area contributed by atoms with Crippen molar-refractivity contribution in [3.8, 4) is 0 Å². The Labute approximate surface area is 145 Å². The minimum absolute atomic E-state index is 0.327. The number of piperidine rings is 3. The summed E-state index contributed by atoms with van der Waals surface area (Å²) >= 11 is 0. The van der Waals surface area contributed by atoms with Crippen LogP contribution in [0.15, 0.2) is 0 Å². The van der Waals surface area contributed by atoms with Crippen molar-refractivity contribution in [1.29, 1.82) is 0 Å². The van der Waals surface area contributed by atoms with Gasteiger partial charge in [0.25, 0.3) is 0 Å². The van der Waals surface area contributed by atoms with Crippen molar-refractivity contribution in [2.45, 2.75) is 57.4 Å². The number of nitrogens with zero attached hydrogens (tertiary/aromatic N) is 3. The SMILES string of the molecule is O=C(CN1C[C@H]2C[C@H](C1)[C@H]1CCCC(=O)N1C2)N1CCCCCC1. The van der Waals surface area contributed by atoms with Crippen LogP contribution < -0.4 is 0 Å². The van der Waals surface area contributed by atoms with Gasteiger partial charge in [0.15, 0.2) is 0 Å². The maximum atomic E-state index is 12.7. The Balaban J connectivity index is 1.36. The molecule has 4 fully saturated rings. The first kappa shape index (κ1) is 16.4. The molecule has 0 unspecified atom stereocenters. The Morgan fingerprint density at radius 1 is 1.00 bits per heavy atom. The van der Waals surface area contributed by atoms with Gasteiger partial charge in [0.2, 0.25) is 11.8 Å². The van der Waals surface area contributed by atoms with Crippen molar-refractivity contribution < 1.29 is 9.59 Å². The Kier molecular flexibility index (Phi) is 4.79. The van der Waals surface area contributed by atoms with Crippen LogP contribution in [0.4, 0.5) is 0 Å². The molecule has 4 saturated heterocycles. The summed E-state index contributed by atoms with van der Waals surface area (Å²) in [5, 5.41) is 0. The average molecular weight is 333 g/mol. The standard InChI is InChI=1S/C19H31N3O2/c23-18-7-5-6-17-16-10-15(12-22(17)18)11-20(13-16)14-19(24)21-8-3-1-2-4-9-21/h15-17H,1-14H2/t15-,16-,17-/m1/s1. The second-order valence-electron chi connectivity index (χ2n) is 8.36. The molecule has 4 rings (SSSR count). The predicted molar refractivity (Wildman–Crippen MR) is 92.4 cm³/mol. The predicted octanol–water partition coefficient (Wildman–Crippen LogP) is 1.72. The smallest absolute Gasteiger partial charge is 0.236 e. The molecule has 0 aliphatic carbocycles. The van der Waals surface area contributed by atoms with Crippen LogP contribution in [0, 0.1) is 11.8 Å². The highest BCUT2D eigenvalue weighted by Crippen LogP contribution is 2.37. The summed E-state index contributed by atoms with van der Waals surface area (Å²) in [5.74, 6) is 1.85. The highest BCUT2D eigenvalue weighted by molar-refractivity contribution is 5.78. The van der Waals surface area contributed by atoms with E-state index in [1.54, 1.807) is 0 Å². The zero-order chi connectivity index (χ0) is 16.5. The van der Waals surface area contributed by atoms with Gasteiger partial charge in [-0.15, -0.1) is 0 Å². The second kappa shape index (κ2) is 7.03. The molecule has 5 nitrogen and oxygen atoms in total. The molecule has 0 N–H and O–H groups in total. The van der Waals surface area contributed by atoms with E-state index in [4.69, 9.17) is 0 Å². The molecule has 134 valence electrons. The van der Waals surface area contributed by atoms with Gasteiger partial charge in [-0.3, -0.25) is 14.5 Å². The first-order valence-electron chi connectivity index (χ1n) is 10.0. The van der Waals surface area contributed by atoms with Crippen molar-refractivity contribution in [1.82, 2.24) is 14.7 Å². The van der Waals surface area contributed by atoms with E-state index in [0.29, 0.717) is 36.2 Å². The topological polar surface area (TPSA) is 43.9 Å². The van der Waals surface area contributed by atoms with E-state index in [1.165, 1.54) is 19.3 Å². The van der Waals surface area contributed by atoms with E-state index in [1.807, 2.05) is 0 Å². The third-order valence-electron chi connectivity index (χ3n) is 6.57. The fourth-order valence-electron chi connectivity index (χ4n) is 5.45. The molecule has 3 atom stereocenters. The van der Waals surface area contributed by atoms with E-state index in [0.717, 1.165) is 64.8 Å². The first-order chi connectivity index (χ1) is 11.7. The Morgan fingerprint density at radius 3 is 2.58 bits per heavy atom. The number of carbonyl (C=O) groups excluding carboxylic acids is 2. The van der Waals surface area contributed by atoms with Crippen LogP contribution in [-0.2, 0) is 9.59 Å². The van der Waals surface area contributed by atoms with Crippen LogP contribution in [0.3, 0.4) is 0 Å². The monoisotopic (exact) mass is 333 g/mol. The van der Waals surface area contributed by atoms with Gasteiger partial charge in [-0.25, -0.2) is 0 Å². The van der Waals surface area contributed by atoms with E-state index in [9.17, 15) is 9.59 Å². The molecular weight excluding hydrogens is 302 g/mol. The maximum Gasteiger partial charge on any atom is 0.236 e. The number of likely N-dealkylation sites (tertiary alicyclic amines) is 2. The molecule has 0 spiro atoms. The van der Waals surface area contributed by atoms with Gasteiger partial charge in [0.05, 0.1) is 6.54 Å². The van der Waals surface area contributed by atoms with Crippen LogP contribution in [0.25, 0.3) is 0 Å². The average Bonchev–Trinajstić information content (AvgIpc) is 2.85. The minimum atomic E-state index is 0.327. The summed E-state index contributed by atoms with van der Waals surface area (Å²) in [6.45, 7) is 5.41. The van der Waals surface area contributed by atoms with Crippen molar-refractivity contribution in [2.24, 2.45) is 11.8 Å². The molecule has 24 heavy (non-hydrogen) atoms. The number of hydrogen-bond acceptors (Lipinski definition) is 3. The van der Waals surface area contributed by atoms with Gasteiger partial charge < -0.3 is 9.80 Å². The minimum Gasteiger partial charge on any atom is -0.342 e. The summed E-state index contributed by atoms with van der Waals surface area (Å²) < 4.78 is 0. The Hall–Kier alpha value is -1.10. The Bertz CT molecular complexity index is 487. The zero-order valence-electron chi connectivity index (χ0n) is 14.8. The van der Waals surface area contributed by atoms with Crippen LogP contribution in [0.5, 0.6) is 0 Å². The lowest BCUT2D eigenvalue weighted by Crippen LogP contribution is -2.61. The number of carbonyl (C=O) groups is 2. The Morgan fingerprint density at radius 2 is 1.79 bits per heavy atom. The summed E-state index contributed by atoms with van der Waals surface area (Å²) in [4.78, 5) is 31.6. The maximum absolute atomic E-state index is 12.7. The van der Waals surface area contributed by atoms with Gasteiger partial charge in [-0.2, -0.15) is 0 Å². The van der Waals surface area contributed by atoms with E-state index in [-0.39, 0.29) is 0 Å². The van der Waals surface area contributed by atoms with E-state index < -0.39 is 0 Å². The number of amides is 2. The largest absolute Gasteiger partial charge is 0.342 e. The van der Waals surface area contributed by atoms with Gasteiger partial charge in [-0.05, 0) is 43.9 Å². The lowest BCUT2D eigenvalue weighted by Gasteiger charge is -2.52. The lowest BCUT2D eigenvalue weighted by atomic mass is 9.76. The molecule has 0 saturated carbocycles. The summed E-state index contributed by atoms with van der Waals surface area (Å²) in [5.41, 5.74) is 0. The molecular formula is C19H31N3O2. The molecule has 0 aromatic heterocycles. The van der Waals surface area contributed by atoms with Crippen molar-refractivity contribution in [3.05, 3.63) is 0 Å². The molecule has 2 amide bonds. The van der Waals surface area contributed by atoms with Gasteiger partial charge >= 0.3 is 0 Å². The van der Waals surface area contributed by atoms with Crippen LogP contribution in [0.1, 0.15) is 51.4 Å². The second-order valence-corrected chi connectivity index (χ2v) is 8.36. The van der Waals surface area contributed by atoms with Crippen molar-refractivity contribution in [2.75, 3.05) is 39.3 Å². The van der Waals surface area contributed by atoms with Crippen LogP contribution in [0.2, 0.25) is 0 Å². The molecule has 4 aliphatic rings. The normalized spacial score (nSPS) is 34.7. The molecule has 2 bridgehead atoms. The van der Waals surface area contributed by atoms with E-state index in [2.05, 4.69) is 14.7 Å². The first-order valence-corrected chi connectivity index (χ1v) is 10.0. The molecule has 0 radical (unpaired) electrons. The van der Waals surface area contributed by atoms with Crippen molar-refractivity contribution >= 4 is 11.8 Å². The lowest BCUT2D eigenvalue weighted by molar-refractivity contribution is -0.146. The van der Waals surface area contributed by atoms with Crippen LogP contribution >= 0.6 is 0 Å². The van der Waals surface area contributed by atoms with Gasteiger partial charge in [0.1, 0.15) is 0 Å². The van der Waals surface area contributed by atoms with E-state index >= 15 is 0 Å².